The summed E-state index contributed by atoms with van der Waals surface area (Å²) in [5.74, 6) is -0.516. The summed E-state index contributed by atoms with van der Waals surface area (Å²) >= 11 is 0. The van der Waals surface area contributed by atoms with E-state index in [1.54, 1.807) is 0 Å². The van der Waals surface area contributed by atoms with Crippen molar-refractivity contribution in [1.29, 1.82) is 0 Å². The zero-order chi connectivity index (χ0) is 33.3. The van der Waals surface area contributed by atoms with Gasteiger partial charge in [-0.15, -0.1) is 0 Å². The average molecular weight is 665 g/mol. The number of hydrogen-bond acceptors (Lipinski definition) is 11. The highest BCUT2D eigenvalue weighted by Gasteiger charge is 2.70. The topological polar surface area (TPSA) is 203 Å². The smallest absolute Gasteiger partial charge is 0.393 e. The van der Waals surface area contributed by atoms with Crippen molar-refractivity contribution in [2.75, 3.05) is 6.61 Å². The summed E-state index contributed by atoms with van der Waals surface area (Å²) in [5, 5.41) is 66.0. The average Bonchev–Trinajstić information content (AvgIpc) is 3.21. The molecule has 45 heavy (non-hydrogen) atoms. The predicted molar refractivity (Wildman–Crippen MR) is 162 cm³/mol. The molecule has 5 aliphatic rings. The fraction of sp³-hybridized carbons (Fsp3) is 1.00. The minimum atomic E-state index is -4.61. The summed E-state index contributed by atoms with van der Waals surface area (Å²) in [6.45, 7) is 10.3. The molecule has 0 aromatic carbocycles. The van der Waals surface area contributed by atoms with Crippen LogP contribution in [0.4, 0.5) is 0 Å². The standard InChI is InChI=1S/C32H56O12S/c1-16(2)24(43-29-27(37)26(36)23(35)15-42-29)7-6-17(3)19-13-21(33)28-31(19,5)11-9-25-30(4)10-8-18(44-45(39,40)41)12-20(30)22(34)14-32(25,28)38/h16-29,33-38H,6-15H2,1-5H3,(H,39,40,41)/t17-,18?,19-,20?,21?,22?,23-,24?,25-,26+,27-,28-,29+,30+,31-,32+/m1/s1. The first-order valence-electron chi connectivity index (χ1n) is 16.9. The fourth-order valence-corrected chi connectivity index (χ4v) is 11.4. The molecule has 1 aliphatic heterocycles. The van der Waals surface area contributed by atoms with Crippen molar-refractivity contribution >= 4 is 10.4 Å². The van der Waals surface area contributed by atoms with E-state index in [9.17, 15) is 43.6 Å². The summed E-state index contributed by atoms with van der Waals surface area (Å²) in [5.41, 5.74) is -2.13. The van der Waals surface area contributed by atoms with E-state index in [1.807, 2.05) is 13.8 Å². The number of fused-ring (bicyclic) bond motifs is 5. The number of aliphatic hydroxyl groups is 6. The molecule has 0 bridgehead atoms. The Morgan fingerprint density at radius 2 is 1.56 bits per heavy atom. The zero-order valence-corrected chi connectivity index (χ0v) is 28.1. The van der Waals surface area contributed by atoms with Crippen molar-refractivity contribution in [3.63, 3.8) is 0 Å². The Balaban J connectivity index is 1.29. The first kappa shape index (κ1) is 35.8. The molecular weight excluding hydrogens is 608 g/mol. The van der Waals surface area contributed by atoms with Gasteiger partial charge in [0.25, 0.3) is 0 Å². The van der Waals surface area contributed by atoms with Crippen LogP contribution in [0.1, 0.15) is 92.4 Å². The highest BCUT2D eigenvalue weighted by atomic mass is 32.3. The third kappa shape index (κ3) is 6.50. The van der Waals surface area contributed by atoms with Gasteiger partial charge in [-0.3, -0.25) is 4.55 Å². The van der Waals surface area contributed by atoms with Gasteiger partial charge in [0.05, 0.1) is 36.6 Å². The van der Waals surface area contributed by atoms with Gasteiger partial charge in [-0.05, 0) is 91.8 Å². The SMILES string of the molecule is CC(C)C(CC[C@@H](C)[C@H]1CC(O)[C@@H]2[C@]1(C)CC[C@H]1[C@@]2(O)CC(O)C2CC(OS(=O)(=O)O)CC[C@@]21C)O[C@@H]1OC[C@@H](O)[C@H](O)[C@H]1O. The lowest BCUT2D eigenvalue weighted by Crippen LogP contribution is -2.68. The molecule has 0 spiro atoms. The first-order chi connectivity index (χ1) is 20.8. The van der Waals surface area contributed by atoms with Crippen LogP contribution in [0.5, 0.6) is 0 Å². The molecule has 5 fully saturated rings. The first-order valence-corrected chi connectivity index (χ1v) is 18.2. The maximum atomic E-state index is 12.6. The Morgan fingerprint density at radius 1 is 0.889 bits per heavy atom. The second kappa shape index (κ2) is 12.8. The second-order valence-corrected chi connectivity index (χ2v) is 17.1. The lowest BCUT2D eigenvalue weighted by molar-refractivity contribution is -0.287. The van der Waals surface area contributed by atoms with Crippen LogP contribution in [0.2, 0.25) is 0 Å². The Morgan fingerprint density at radius 3 is 2.20 bits per heavy atom. The van der Waals surface area contributed by atoms with Crippen molar-refractivity contribution in [1.82, 2.24) is 0 Å². The Labute approximate surface area is 267 Å². The number of rotatable bonds is 9. The largest absolute Gasteiger partial charge is 0.397 e. The van der Waals surface area contributed by atoms with Crippen LogP contribution in [-0.2, 0) is 24.1 Å². The minimum Gasteiger partial charge on any atom is -0.393 e. The van der Waals surface area contributed by atoms with Crippen molar-refractivity contribution in [3.8, 4) is 0 Å². The van der Waals surface area contributed by atoms with Gasteiger partial charge in [0.1, 0.15) is 18.3 Å². The van der Waals surface area contributed by atoms with Crippen LogP contribution in [0.3, 0.4) is 0 Å². The predicted octanol–water partition coefficient (Wildman–Crippen LogP) is 1.79. The van der Waals surface area contributed by atoms with E-state index in [4.69, 9.17) is 13.7 Å². The van der Waals surface area contributed by atoms with Crippen LogP contribution in [-0.4, -0.2) is 105 Å². The van der Waals surface area contributed by atoms with Crippen LogP contribution in [0.15, 0.2) is 0 Å². The number of ether oxygens (including phenoxy) is 2. The van der Waals surface area contributed by atoms with Crippen molar-refractivity contribution in [2.24, 2.45) is 46.3 Å². The molecule has 13 heteroatoms. The molecule has 1 heterocycles. The molecular formula is C32H56O12S. The maximum absolute atomic E-state index is 12.6. The third-order valence-corrected chi connectivity index (χ3v) is 13.6. The lowest BCUT2D eigenvalue weighted by atomic mass is 9.42. The Bertz CT molecular complexity index is 1150. The highest BCUT2D eigenvalue weighted by Crippen LogP contribution is 2.70. The van der Waals surface area contributed by atoms with E-state index in [2.05, 4.69) is 20.8 Å². The van der Waals surface area contributed by atoms with E-state index in [0.717, 1.165) is 19.3 Å². The summed E-state index contributed by atoms with van der Waals surface area (Å²) < 4.78 is 48.5. The normalized spacial score (nSPS) is 50.0. The second-order valence-electron chi connectivity index (χ2n) is 16.0. The van der Waals surface area contributed by atoms with E-state index < -0.39 is 70.2 Å². The lowest BCUT2D eigenvalue weighted by Gasteiger charge is -2.66. The third-order valence-electron chi connectivity index (χ3n) is 13.1. The maximum Gasteiger partial charge on any atom is 0.397 e. The molecule has 4 saturated carbocycles. The van der Waals surface area contributed by atoms with Gasteiger partial charge in [0.15, 0.2) is 6.29 Å². The molecule has 7 N–H and O–H groups in total. The molecule has 5 unspecified atom stereocenters. The molecule has 1 saturated heterocycles. The van der Waals surface area contributed by atoms with Crippen LogP contribution in [0.25, 0.3) is 0 Å². The van der Waals surface area contributed by atoms with Crippen LogP contribution in [0, 0.1) is 46.3 Å². The summed E-state index contributed by atoms with van der Waals surface area (Å²) in [4.78, 5) is 0. The highest BCUT2D eigenvalue weighted by molar-refractivity contribution is 7.80. The Kier molecular flexibility index (Phi) is 10.2. The van der Waals surface area contributed by atoms with Gasteiger partial charge in [-0.1, -0.05) is 34.6 Å². The van der Waals surface area contributed by atoms with Gasteiger partial charge in [0, 0.05) is 12.3 Å². The van der Waals surface area contributed by atoms with Gasteiger partial charge in [0.2, 0.25) is 0 Å². The fourth-order valence-electron chi connectivity index (χ4n) is 10.9. The Hall–Kier alpha value is -0.450. The zero-order valence-electron chi connectivity index (χ0n) is 27.2. The quantitative estimate of drug-likeness (QED) is 0.176. The van der Waals surface area contributed by atoms with Gasteiger partial charge < -0.3 is 40.1 Å². The van der Waals surface area contributed by atoms with E-state index >= 15 is 0 Å². The summed E-state index contributed by atoms with van der Waals surface area (Å²) in [6, 6.07) is 0. The number of hydrogen-bond donors (Lipinski definition) is 7. The molecule has 5 rings (SSSR count). The summed E-state index contributed by atoms with van der Waals surface area (Å²) in [6.07, 6.45) is -2.73. The van der Waals surface area contributed by atoms with Gasteiger partial charge in [-0.2, -0.15) is 8.42 Å². The van der Waals surface area contributed by atoms with E-state index in [1.165, 1.54) is 0 Å². The summed E-state index contributed by atoms with van der Waals surface area (Å²) in [7, 11) is -4.61. The van der Waals surface area contributed by atoms with Crippen molar-refractivity contribution < 1.29 is 57.3 Å². The molecule has 0 amide bonds. The minimum absolute atomic E-state index is 0.0982. The molecule has 4 aliphatic carbocycles. The molecule has 16 atom stereocenters. The molecule has 0 radical (unpaired) electrons. The van der Waals surface area contributed by atoms with E-state index in [0.29, 0.717) is 25.7 Å². The van der Waals surface area contributed by atoms with E-state index in [-0.39, 0.29) is 60.6 Å². The van der Waals surface area contributed by atoms with Crippen LogP contribution >= 0.6 is 0 Å². The van der Waals surface area contributed by atoms with Gasteiger partial charge in [-0.25, -0.2) is 4.18 Å². The molecule has 12 nitrogen and oxygen atoms in total. The molecule has 0 aromatic heterocycles. The monoisotopic (exact) mass is 664 g/mol. The molecule has 262 valence electrons. The van der Waals surface area contributed by atoms with Crippen LogP contribution < -0.4 is 0 Å². The molecule has 0 aromatic rings. The van der Waals surface area contributed by atoms with Crippen molar-refractivity contribution in [3.05, 3.63) is 0 Å². The van der Waals surface area contributed by atoms with Gasteiger partial charge >= 0.3 is 10.4 Å². The van der Waals surface area contributed by atoms with Crippen molar-refractivity contribution in [2.45, 2.75) is 147 Å². The number of aliphatic hydroxyl groups excluding tert-OH is 5.